The monoisotopic (exact) mass is 238 g/mol. The number of carbonyl (C=O) groups excluding carboxylic acids is 2. The van der Waals surface area contributed by atoms with Gasteiger partial charge in [-0.2, -0.15) is 0 Å². The van der Waals surface area contributed by atoms with E-state index in [0.717, 1.165) is 19.3 Å². The summed E-state index contributed by atoms with van der Waals surface area (Å²) in [7, 11) is 0. The van der Waals surface area contributed by atoms with Crippen molar-refractivity contribution >= 4 is 11.8 Å². The Hall–Kier alpha value is -1.06. The maximum Gasteiger partial charge on any atom is 0.224 e. The summed E-state index contributed by atoms with van der Waals surface area (Å²) in [5.41, 5.74) is 4.96. The highest BCUT2D eigenvalue weighted by Gasteiger charge is 2.57. The minimum Gasteiger partial charge on any atom is -0.369 e. The summed E-state index contributed by atoms with van der Waals surface area (Å²) >= 11 is 0. The average molecular weight is 238 g/mol. The number of amides is 2. The third-order valence-electron chi connectivity index (χ3n) is 4.41. The molecule has 4 heteroatoms. The zero-order valence-corrected chi connectivity index (χ0v) is 10.5. The van der Waals surface area contributed by atoms with Crippen molar-refractivity contribution in [1.29, 1.82) is 0 Å². The van der Waals surface area contributed by atoms with Crippen LogP contribution in [0.3, 0.4) is 0 Å². The second kappa shape index (κ2) is 4.67. The van der Waals surface area contributed by atoms with Gasteiger partial charge in [0.15, 0.2) is 0 Å². The van der Waals surface area contributed by atoms with Gasteiger partial charge in [0.2, 0.25) is 11.8 Å². The third kappa shape index (κ3) is 2.31. The first-order valence-corrected chi connectivity index (χ1v) is 6.68. The number of carbonyl (C=O) groups is 2. The lowest BCUT2D eigenvalue weighted by Crippen LogP contribution is -2.43. The molecule has 0 aromatic rings. The maximum absolute atomic E-state index is 12.1. The molecule has 0 aliphatic heterocycles. The highest BCUT2D eigenvalue weighted by atomic mass is 16.2. The Labute approximate surface area is 102 Å². The van der Waals surface area contributed by atoms with Crippen molar-refractivity contribution in [2.75, 3.05) is 6.54 Å². The van der Waals surface area contributed by atoms with Crippen LogP contribution in [-0.2, 0) is 9.59 Å². The molecule has 2 aliphatic carbocycles. The summed E-state index contributed by atoms with van der Waals surface area (Å²) in [6.07, 6.45) is 6.08. The zero-order valence-electron chi connectivity index (χ0n) is 10.5. The van der Waals surface area contributed by atoms with Crippen LogP contribution in [-0.4, -0.2) is 18.4 Å². The van der Waals surface area contributed by atoms with E-state index in [4.69, 9.17) is 5.73 Å². The Balaban J connectivity index is 2.06. The fraction of sp³-hybridized carbons (Fsp3) is 0.846. The number of primary amides is 1. The Morgan fingerprint density at radius 3 is 2.41 bits per heavy atom. The summed E-state index contributed by atoms with van der Waals surface area (Å²) in [5.74, 6) is 0.174. The summed E-state index contributed by atoms with van der Waals surface area (Å²) < 4.78 is 0. The molecule has 3 N–H and O–H groups in total. The van der Waals surface area contributed by atoms with Crippen molar-refractivity contribution in [2.45, 2.75) is 45.4 Å². The number of nitrogens with one attached hydrogen (secondary N) is 1. The van der Waals surface area contributed by atoms with Crippen molar-refractivity contribution in [3.05, 3.63) is 0 Å². The quantitative estimate of drug-likeness (QED) is 0.729. The normalized spacial score (nSPS) is 23.6. The number of nitrogens with two attached hydrogens (primary N) is 1. The van der Waals surface area contributed by atoms with Gasteiger partial charge in [0.1, 0.15) is 0 Å². The standard InChI is InChI=1S/C13H22N2O2/c1-2-15-11(16)10(8-9-4-3-5-9)13(6-7-13)12(14)17/h9-10H,2-8H2,1H3,(H2,14,17)(H,15,16). The molecule has 17 heavy (non-hydrogen) atoms. The molecule has 1 unspecified atom stereocenters. The average Bonchev–Trinajstić information content (AvgIpc) is 2.97. The van der Waals surface area contributed by atoms with Crippen LogP contribution < -0.4 is 11.1 Å². The van der Waals surface area contributed by atoms with E-state index in [9.17, 15) is 9.59 Å². The first-order valence-electron chi connectivity index (χ1n) is 6.68. The van der Waals surface area contributed by atoms with E-state index in [1.54, 1.807) is 0 Å². The molecule has 0 bridgehead atoms. The number of hydrogen-bond donors (Lipinski definition) is 2. The van der Waals surface area contributed by atoms with E-state index in [0.29, 0.717) is 12.5 Å². The smallest absolute Gasteiger partial charge is 0.224 e. The van der Waals surface area contributed by atoms with Gasteiger partial charge >= 0.3 is 0 Å². The Kier molecular flexibility index (Phi) is 3.40. The van der Waals surface area contributed by atoms with E-state index in [-0.39, 0.29) is 17.7 Å². The lowest BCUT2D eigenvalue weighted by molar-refractivity contribution is -0.135. The van der Waals surface area contributed by atoms with Crippen LogP contribution in [0.15, 0.2) is 0 Å². The van der Waals surface area contributed by atoms with Crippen LogP contribution in [0.4, 0.5) is 0 Å². The molecule has 2 aliphatic rings. The molecule has 0 aromatic carbocycles. The van der Waals surface area contributed by atoms with Crippen LogP contribution in [0.5, 0.6) is 0 Å². The van der Waals surface area contributed by atoms with Crippen molar-refractivity contribution in [2.24, 2.45) is 23.0 Å². The minimum atomic E-state index is -0.519. The molecule has 0 heterocycles. The Morgan fingerprint density at radius 1 is 1.41 bits per heavy atom. The van der Waals surface area contributed by atoms with Crippen LogP contribution in [0, 0.1) is 17.3 Å². The van der Waals surface area contributed by atoms with Gasteiger partial charge in [-0.3, -0.25) is 9.59 Å². The predicted molar refractivity (Wildman–Crippen MR) is 65.0 cm³/mol. The molecule has 0 radical (unpaired) electrons. The van der Waals surface area contributed by atoms with Gasteiger partial charge in [-0.15, -0.1) is 0 Å². The van der Waals surface area contributed by atoms with Gasteiger partial charge in [-0.05, 0) is 32.1 Å². The lowest BCUT2D eigenvalue weighted by atomic mass is 9.73. The topological polar surface area (TPSA) is 72.2 Å². The van der Waals surface area contributed by atoms with E-state index < -0.39 is 5.41 Å². The molecule has 0 saturated heterocycles. The van der Waals surface area contributed by atoms with Gasteiger partial charge in [-0.1, -0.05) is 19.3 Å². The largest absolute Gasteiger partial charge is 0.369 e. The van der Waals surface area contributed by atoms with Gasteiger partial charge < -0.3 is 11.1 Å². The molecule has 4 nitrogen and oxygen atoms in total. The van der Waals surface area contributed by atoms with E-state index >= 15 is 0 Å². The van der Waals surface area contributed by atoms with Gasteiger partial charge in [0.05, 0.1) is 11.3 Å². The fourth-order valence-corrected chi connectivity index (χ4v) is 2.84. The van der Waals surface area contributed by atoms with Crippen LogP contribution in [0.1, 0.15) is 45.4 Å². The lowest BCUT2D eigenvalue weighted by Gasteiger charge is -2.32. The second-order valence-corrected chi connectivity index (χ2v) is 5.50. The molecular formula is C13H22N2O2. The highest BCUT2D eigenvalue weighted by Crippen LogP contribution is 2.55. The third-order valence-corrected chi connectivity index (χ3v) is 4.41. The predicted octanol–water partition coefficient (Wildman–Crippen LogP) is 1.19. The van der Waals surface area contributed by atoms with Crippen LogP contribution in [0.2, 0.25) is 0 Å². The van der Waals surface area contributed by atoms with Gasteiger partial charge in [0.25, 0.3) is 0 Å². The summed E-state index contributed by atoms with van der Waals surface area (Å²) in [5, 5.41) is 2.85. The highest BCUT2D eigenvalue weighted by molar-refractivity contribution is 5.91. The fourth-order valence-electron chi connectivity index (χ4n) is 2.84. The molecular weight excluding hydrogens is 216 g/mol. The first-order chi connectivity index (χ1) is 8.10. The van der Waals surface area contributed by atoms with E-state index in [1.807, 2.05) is 6.92 Å². The van der Waals surface area contributed by atoms with Gasteiger partial charge in [0, 0.05) is 6.54 Å². The zero-order chi connectivity index (χ0) is 12.5. The SMILES string of the molecule is CCNC(=O)C(CC1CCC1)C1(C(N)=O)CC1. The molecule has 1 atom stereocenters. The van der Waals surface area contributed by atoms with Crippen molar-refractivity contribution < 1.29 is 9.59 Å². The first kappa shape index (κ1) is 12.4. The summed E-state index contributed by atoms with van der Waals surface area (Å²) in [4.78, 5) is 23.7. The Morgan fingerprint density at radius 2 is 2.06 bits per heavy atom. The number of rotatable bonds is 6. The minimum absolute atomic E-state index is 0.0238. The second-order valence-electron chi connectivity index (χ2n) is 5.50. The van der Waals surface area contributed by atoms with Crippen molar-refractivity contribution in [1.82, 2.24) is 5.32 Å². The molecule has 2 saturated carbocycles. The Bertz CT molecular complexity index is 319. The van der Waals surface area contributed by atoms with Crippen molar-refractivity contribution in [3.8, 4) is 0 Å². The summed E-state index contributed by atoms with van der Waals surface area (Å²) in [6, 6.07) is 0. The van der Waals surface area contributed by atoms with E-state index in [1.165, 1.54) is 19.3 Å². The van der Waals surface area contributed by atoms with Crippen molar-refractivity contribution in [3.63, 3.8) is 0 Å². The molecule has 2 amide bonds. The van der Waals surface area contributed by atoms with Crippen LogP contribution >= 0.6 is 0 Å². The molecule has 2 fully saturated rings. The molecule has 0 spiro atoms. The van der Waals surface area contributed by atoms with E-state index in [2.05, 4.69) is 5.32 Å². The molecule has 96 valence electrons. The van der Waals surface area contributed by atoms with Crippen LogP contribution in [0.25, 0.3) is 0 Å². The molecule has 2 rings (SSSR count). The van der Waals surface area contributed by atoms with Gasteiger partial charge in [-0.25, -0.2) is 0 Å². The maximum atomic E-state index is 12.1. The number of hydrogen-bond acceptors (Lipinski definition) is 2. The molecule has 0 aromatic heterocycles. The summed E-state index contributed by atoms with van der Waals surface area (Å²) in [6.45, 7) is 2.52.